The molecule has 0 bridgehead atoms. The number of carboxylic acids is 3. The van der Waals surface area contributed by atoms with E-state index in [0.717, 1.165) is 18.9 Å². The summed E-state index contributed by atoms with van der Waals surface area (Å²) < 4.78 is 0. The first-order chi connectivity index (χ1) is 20.4. The Labute approximate surface area is 251 Å². The first-order valence-electron chi connectivity index (χ1n) is 14.9. The van der Waals surface area contributed by atoms with Gasteiger partial charge in [-0.05, 0) is 82.2 Å². The van der Waals surface area contributed by atoms with Crippen LogP contribution in [0, 0.1) is 5.92 Å². The fourth-order valence-electron chi connectivity index (χ4n) is 6.92. The number of carbonyl (C=O) groups is 3. The van der Waals surface area contributed by atoms with Crippen LogP contribution in [0.3, 0.4) is 0 Å². The number of hydrogen-bond donors (Lipinski definition) is 6. The van der Waals surface area contributed by atoms with Crippen LogP contribution in [0.4, 0.5) is 0 Å². The summed E-state index contributed by atoms with van der Waals surface area (Å²) in [5, 5.41) is 39.2. The predicted octanol–water partition coefficient (Wildman–Crippen LogP) is 4.01. The van der Waals surface area contributed by atoms with Crippen LogP contribution < -0.4 is 5.32 Å². The molecule has 1 aromatic heterocycles. The summed E-state index contributed by atoms with van der Waals surface area (Å²) in [6.45, 7) is 1.10. The van der Waals surface area contributed by atoms with E-state index in [9.17, 15) is 14.4 Å². The fraction of sp³-hybridized carbons (Fsp3) is 0.485. The lowest BCUT2D eigenvalue weighted by Gasteiger charge is -2.46. The van der Waals surface area contributed by atoms with Crippen LogP contribution in [0.1, 0.15) is 61.8 Å². The normalized spacial score (nSPS) is 20.7. The molecule has 0 saturated heterocycles. The molecule has 2 aliphatic rings. The fourth-order valence-corrected chi connectivity index (χ4v) is 6.92. The number of aliphatic hydroxyl groups is 1. The molecule has 1 atom stereocenters. The smallest absolute Gasteiger partial charge is 0.336 e. The molecular weight excluding hydrogens is 550 g/mol. The highest BCUT2D eigenvalue weighted by Gasteiger charge is 2.43. The highest BCUT2D eigenvalue weighted by atomic mass is 16.4. The van der Waals surface area contributed by atoms with Gasteiger partial charge in [-0.25, -0.2) is 4.79 Å². The van der Waals surface area contributed by atoms with Gasteiger partial charge in [0.25, 0.3) is 0 Å². The Balaban J connectivity index is 0.000000277. The maximum atomic E-state index is 10.3. The molecule has 0 amide bonds. The third kappa shape index (κ3) is 7.62. The van der Waals surface area contributed by atoms with Crippen molar-refractivity contribution in [1.29, 1.82) is 0 Å². The minimum absolute atomic E-state index is 0.152. The molecule has 5 rings (SSSR count). The van der Waals surface area contributed by atoms with Crippen LogP contribution in [-0.4, -0.2) is 80.5 Å². The van der Waals surface area contributed by atoms with Gasteiger partial charge in [0.15, 0.2) is 5.60 Å². The van der Waals surface area contributed by atoms with Gasteiger partial charge in [0.2, 0.25) is 0 Å². The molecule has 1 saturated carbocycles. The zero-order valence-electron chi connectivity index (χ0n) is 24.9. The monoisotopic (exact) mass is 593 g/mol. The summed E-state index contributed by atoms with van der Waals surface area (Å²) >= 11 is 0. The summed E-state index contributed by atoms with van der Waals surface area (Å²) in [6, 6.07) is 20.5. The molecule has 1 aliphatic carbocycles. The number of aliphatic carboxylic acids is 3. The van der Waals surface area contributed by atoms with Gasteiger partial charge in [-0.3, -0.25) is 9.59 Å². The van der Waals surface area contributed by atoms with E-state index in [-0.39, 0.29) is 5.54 Å². The first-order valence-corrected chi connectivity index (χ1v) is 14.9. The Morgan fingerprint density at radius 3 is 2.14 bits per heavy atom. The molecule has 1 unspecified atom stereocenters. The number of rotatable bonds is 10. The zero-order valence-corrected chi connectivity index (χ0v) is 24.9. The van der Waals surface area contributed by atoms with Gasteiger partial charge >= 0.3 is 17.9 Å². The molecule has 6 N–H and O–H groups in total. The van der Waals surface area contributed by atoms with Crippen molar-refractivity contribution in [3.05, 3.63) is 71.4 Å². The van der Waals surface area contributed by atoms with Crippen LogP contribution in [0.5, 0.6) is 0 Å². The summed E-state index contributed by atoms with van der Waals surface area (Å²) in [7, 11) is 4.55. The SMILES string of the molecule is CN(C)C(CCc1ccccc1)C1CCC2(CC1)NCCc1c2[nH]c2ccccc12.O=C(O)CC(O)(CC(=O)O)C(=O)O. The molecular formula is C33H43N3O7. The number of hydrogen-bond acceptors (Lipinski definition) is 6. The van der Waals surface area contributed by atoms with Crippen molar-refractivity contribution in [2.45, 2.75) is 75.0 Å². The van der Waals surface area contributed by atoms with Crippen molar-refractivity contribution in [3.8, 4) is 0 Å². The third-order valence-electron chi connectivity index (χ3n) is 9.08. The molecule has 2 aromatic carbocycles. The van der Waals surface area contributed by atoms with Crippen LogP contribution in [-0.2, 0) is 32.8 Å². The van der Waals surface area contributed by atoms with Crippen LogP contribution in [0.2, 0.25) is 0 Å². The topological polar surface area (TPSA) is 163 Å². The number of nitrogens with one attached hydrogen (secondary N) is 2. The maximum Gasteiger partial charge on any atom is 0.336 e. The Bertz CT molecular complexity index is 1390. The summed E-state index contributed by atoms with van der Waals surface area (Å²) in [5.74, 6) is -4.24. The zero-order chi connectivity index (χ0) is 31.2. The van der Waals surface area contributed by atoms with E-state index in [0.29, 0.717) is 6.04 Å². The standard InChI is InChI=1S/C27H35N3.C6H8O7/c1-30(2)25(13-12-20-8-4-3-5-9-20)21-14-17-27(18-15-21)26-23(16-19-28-27)22-10-6-7-11-24(22)29-26;7-3(8)1-6(13,5(11)12)2-4(9)10/h3-11,21,25,28-29H,12-19H2,1-2H3;13H,1-2H2,(H,7,8)(H,9,10)(H,11,12). The Hall–Kier alpha value is -3.73. The Morgan fingerprint density at radius 1 is 0.953 bits per heavy atom. The van der Waals surface area contributed by atoms with E-state index in [1.54, 1.807) is 5.56 Å². The van der Waals surface area contributed by atoms with E-state index in [2.05, 4.69) is 83.9 Å². The Morgan fingerprint density at radius 2 is 1.56 bits per heavy atom. The number of nitrogens with zero attached hydrogens (tertiary/aromatic N) is 1. The van der Waals surface area contributed by atoms with E-state index < -0.39 is 36.4 Å². The first kappa shape index (κ1) is 32.2. The van der Waals surface area contributed by atoms with Gasteiger partial charge < -0.3 is 35.6 Å². The van der Waals surface area contributed by atoms with Crippen LogP contribution >= 0.6 is 0 Å². The predicted molar refractivity (Wildman–Crippen MR) is 163 cm³/mol. The number of carboxylic acid groups (broad SMARTS) is 3. The lowest BCUT2D eigenvalue weighted by Crippen LogP contribution is -2.51. The van der Waals surface area contributed by atoms with Gasteiger partial charge in [0, 0.05) is 29.2 Å². The number of aromatic amines is 1. The molecule has 2 heterocycles. The van der Waals surface area contributed by atoms with Crippen molar-refractivity contribution >= 4 is 28.8 Å². The second kappa shape index (κ2) is 13.7. The lowest BCUT2D eigenvalue weighted by molar-refractivity contribution is -0.170. The molecule has 1 fully saturated rings. The van der Waals surface area contributed by atoms with Gasteiger partial charge in [0.05, 0.1) is 18.4 Å². The van der Waals surface area contributed by atoms with Crippen LogP contribution in [0.25, 0.3) is 10.9 Å². The summed E-state index contributed by atoms with van der Waals surface area (Å²) in [4.78, 5) is 36.8. The maximum absolute atomic E-state index is 10.3. The molecule has 43 heavy (non-hydrogen) atoms. The van der Waals surface area contributed by atoms with Crippen molar-refractivity contribution in [3.63, 3.8) is 0 Å². The highest BCUT2D eigenvalue weighted by Crippen LogP contribution is 2.45. The van der Waals surface area contributed by atoms with E-state index in [1.807, 2.05) is 0 Å². The number of H-pyrrole nitrogens is 1. The van der Waals surface area contributed by atoms with Crippen molar-refractivity contribution in [2.24, 2.45) is 5.92 Å². The average Bonchev–Trinajstić information content (AvgIpc) is 3.34. The molecule has 10 heteroatoms. The molecule has 1 aliphatic heterocycles. The van der Waals surface area contributed by atoms with Crippen molar-refractivity contribution < 1.29 is 34.8 Å². The number of aromatic nitrogens is 1. The third-order valence-corrected chi connectivity index (χ3v) is 9.08. The molecule has 232 valence electrons. The number of para-hydroxylation sites is 1. The second-order valence-corrected chi connectivity index (χ2v) is 12.2. The Kier molecular flexibility index (Phi) is 10.3. The summed E-state index contributed by atoms with van der Waals surface area (Å²) in [6.07, 6.45) is 6.37. The molecule has 10 nitrogen and oxygen atoms in total. The van der Waals surface area contributed by atoms with Crippen LogP contribution in [0.15, 0.2) is 54.6 Å². The van der Waals surface area contributed by atoms with E-state index in [1.165, 1.54) is 60.7 Å². The van der Waals surface area contributed by atoms with Crippen molar-refractivity contribution in [1.82, 2.24) is 15.2 Å². The molecule has 3 aromatic rings. The number of fused-ring (bicyclic) bond motifs is 4. The quantitative estimate of drug-likeness (QED) is 0.204. The number of aryl methyl sites for hydroxylation is 1. The number of benzene rings is 2. The lowest BCUT2D eigenvalue weighted by atomic mass is 9.69. The average molecular weight is 594 g/mol. The van der Waals surface area contributed by atoms with Gasteiger partial charge in [-0.1, -0.05) is 48.5 Å². The van der Waals surface area contributed by atoms with Gasteiger partial charge in [-0.15, -0.1) is 0 Å². The van der Waals surface area contributed by atoms with Gasteiger partial charge in [-0.2, -0.15) is 0 Å². The molecule has 0 radical (unpaired) electrons. The summed E-state index contributed by atoms with van der Waals surface area (Å²) in [5.41, 5.74) is 3.24. The van der Waals surface area contributed by atoms with Crippen molar-refractivity contribution in [2.75, 3.05) is 20.6 Å². The van der Waals surface area contributed by atoms with E-state index >= 15 is 0 Å². The second-order valence-electron chi connectivity index (χ2n) is 12.2. The minimum atomic E-state index is -2.74. The minimum Gasteiger partial charge on any atom is -0.481 e. The molecule has 1 spiro atoms. The largest absolute Gasteiger partial charge is 0.481 e. The highest BCUT2D eigenvalue weighted by molar-refractivity contribution is 5.88. The van der Waals surface area contributed by atoms with E-state index in [4.69, 9.17) is 20.4 Å². The van der Waals surface area contributed by atoms with Gasteiger partial charge in [0.1, 0.15) is 0 Å².